The summed E-state index contributed by atoms with van der Waals surface area (Å²) in [4.78, 5) is 4.19. The molecule has 0 saturated heterocycles. The van der Waals surface area contributed by atoms with Gasteiger partial charge in [-0.25, -0.2) is 0 Å². The van der Waals surface area contributed by atoms with E-state index in [0.29, 0.717) is 0 Å². The van der Waals surface area contributed by atoms with E-state index in [2.05, 4.69) is 11.9 Å². The fraction of sp³-hybridized carbons (Fsp3) is 0.250. The predicted octanol–water partition coefficient (Wildman–Crippen LogP) is 1.88. The molecule has 0 aliphatic rings. The third-order valence-corrected chi connectivity index (χ3v) is 1.14. The van der Waals surface area contributed by atoms with Gasteiger partial charge >= 0.3 is 0 Å². The van der Waals surface area contributed by atoms with Crippen LogP contribution in [0.3, 0.4) is 0 Å². The third-order valence-electron chi connectivity index (χ3n) is 1.14. The van der Waals surface area contributed by atoms with E-state index < -0.39 is 0 Å². The van der Waals surface area contributed by atoms with Gasteiger partial charge in [-0.1, -0.05) is 0 Å². The summed E-state index contributed by atoms with van der Waals surface area (Å²) in [6, 6.07) is 3.93. The first-order valence-electron chi connectivity index (χ1n) is 2.96. The van der Waals surface area contributed by atoms with E-state index in [1.807, 2.05) is 26.0 Å². The summed E-state index contributed by atoms with van der Waals surface area (Å²) in [5.74, 6) is 0. The van der Waals surface area contributed by atoms with Crippen molar-refractivity contribution in [1.29, 1.82) is 0 Å². The van der Waals surface area contributed by atoms with Crippen LogP contribution in [0.5, 0.6) is 0 Å². The first-order valence-corrected chi connectivity index (χ1v) is 2.96. The molecule has 0 fully saturated rings. The number of aryl methyl sites for hydroxylation is 2. The monoisotopic (exact) mass is 120 g/mol. The molecule has 0 N–H and O–H groups in total. The first-order chi connectivity index (χ1) is 4.18. The highest BCUT2D eigenvalue weighted by Gasteiger charge is 1.88. The number of hydrogen-bond acceptors (Lipinski definition) is 1. The molecule has 1 nitrogen and oxygen atoms in total. The van der Waals surface area contributed by atoms with Gasteiger partial charge in [-0.2, -0.15) is 0 Å². The molecule has 0 spiro atoms. The lowest BCUT2D eigenvalue weighted by molar-refractivity contribution is 1.11. The molecule has 9 heavy (non-hydrogen) atoms. The zero-order valence-electron chi connectivity index (χ0n) is 5.81. The second-order valence-corrected chi connectivity index (χ2v) is 2.26. The van der Waals surface area contributed by atoms with Crippen molar-refractivity contribution in [3.8, 4) is 0 Å². The molecule has 47 valence electrons. The van der Waals surface area contributed by atoms with Gasteiger partial charge in [0.05, 0.1) is 0 Å². The molecular weight excluding hydrogens is 110 g/mol. The van der Waals surface area contributed by atoms with Crippen molar-refractivity contribution < 1.29 is 0 Å². The normalized spacial score (nSPS) is 9.67. The minimum Gasteiger partial charge on any atom is -0.258 e. The van der Waals surface area contributed by atoms with Crippen LogP contribution >= 0.6 is 0 Å². The van der Waals surface area contributed by atoms with Gasteiger partial charge in [-0.15, -0.1) is 0 Å². The van der Waals surface area contributed by atoms with E-state index in [-0.39, 0.29) is 0 Å². The van der Waals surface area contributed by atoms with E-state index in [4.69, 9.17) is 0 Å². The average molecular weight is 120 g/mol. The van der Waals surface area contributed by atoms with Gasteiger partial charge in [-0.3, -0.25) is 4.98 Å². The van der Waals surface area contributed by atoms with Crippen LogP contribution in [0, 0.1) is 20.8 Å². The second-order valence-electron chi connectivity index (χ2n) is 2.26. The third kappa shape index (κ3) is 1.53. The number of pyridine rings is 1. The van der Waals surface area contributed by atoms with E-state index in [1.165, 1.54) is 0 Å². The van der Waals surface area contributed by atoms with E-state index >= 15 is 0 Å². The zero-order valence-corrected chi connectivity index (χ0v) is 5.81. The SMILES string of the molecule is [CH2]c1cc(C)nc(C)c1. The van der Waals surface area contributed by atoms with Crippen LogP contribution in [0.2, 0.25) is 0 Å². The summed E-state index contributed by atoms with van der Waals surface area (Å²) < 4.78 is 0. The molecule has 1 radical (unpaired) electrons. The number of rotatable bonds is 0. The maximum atomic E-state index is 4.19. The number of aromatic nitrogens is 1. The summed E-state index contributed by atoms with van der Waals surface area (Å²) >= 11 is 0. The highest BCUT2D eigenvalue weighted by atomic mass is 14.7. The highest BCUT2D eigenvalue weighted by Crippen LogP contribution is 2.01. The van der Waals surface area contributed by atoms with Crippen LogP contribution in [0.15, 0.2) is 12.1 Å². The Hall–Kier alpha value is -0.850. The second kappa shape index (κ2) is 2.18. The van der Waals surface area contributed by atoms with E-state index in [0.717, 1.165) is 17.0 Å². The Kier molecular flexibility index (Phi) is 1.52. The molecule has 1 heterocycles. The van der Waals surface area contributed by atoms with Gasteiger partial charge in [0.15, 0.2) is 0 Å². The molecule has 0 aromatic carbocycles. The summed E-state index contributed by atoms with van der Waals surface area (Å²) in [6.45, 7) is 7.75. The summed E-state index contributed by atoms with van der Waals surface area (Å²) in [7, 11) is 0. The lowest BCUT2D eigenvalue weighted by Crippen LogP contribution is -1.85. The van der Waals surface area contributed by atoms with Gasteiger partial charge < -0.3 is 0 Å². The van der Waals surface area contributed by atoms with E-state index in [9.17, 15) is 0 Å². The molecular formula is C8H10N. The first kappa shape index (κ1) is 6.27. The standard InChI is InChI=1S/C8H10N/c1-6-4-7(2)9-8(3)5-6/h4-5H,1H2,2-3H3. The van der Waals surface area contributed by atoms with Crippen molar-refractivity contribution in [2.24, 2.45) is 0 Å². The molecule has 1 aromatic rings. The van der Waals surface area contributed by atoms with Crippen LogP contribution in [-0.2, 0) is 0 Å². The molecule has 0 bridgehead atoms. The molecule has 0 amide bonds. The van der Waals surface area contributed by atoms with Gasteiger partial charge in [0.25, 0.3) is 0 Å². The molecule has 0 aliphatic heterocycles. The number of nitrogens with zero attached hydrogens (tertiary/aromatic N) is 1. The van der Waals surface area contributed by atoms with Crippen LogP contribution in [-0.4, -0.2) is 4.98 Å². The maximum Gasteiger partial charge on any atom is 0.0378 e. The Bertz CT molecular complexity index is 165. The number of hydrogen-bond donors (Lipinski definition) is 0. The summed E-state index contributed by atoms with van der Waals surface area (Å²) in [5, 5.41) is 0. The van der Waals surface area contributed by atoms with E-state index in [1.54, 1.807) is 0 Å². The predicted molar refractivity (Wildman–Crippen MR) is 38.2 cm³/mol. The van der Waals surface area contributed by atoms with Gasteiger partial charge in [0.1, 0.15) is 0 Å². The lowest BCUT2D eigenvalue weighted by atomic mass is 10.2. The van der Waals surface area contributed by atoms with Gasteiger partial charge in [0, 0.05) is 11.4 Å². The quantitative estimate of drug-likeness (QED) is 0.509. The summed E-state index contributed by atoms with van der Waals surface area (Å²) in [5.41, 5.74) is 3.12. The van der Waals surface area contributed by atoms with Crippen molar-refractivity contribution in [2.45, 2.75) is 13.8 Å². The fourth-order valence-electron chi connectivity index (χ4n) is 0.921. The molecule has 0 atom stereocenters. The van der Waals surface area contributed by atoms with Crippen molar-refractivity contribution in [3.05, 3.63) is 36.0 Å². The van der Waals surface area contributed by atoms with Crippen LogP contribution < -0.4 is 0 Å². The molecule has 1 aromatic heterocycles. The molecule has 0 saturated carbocycles. The largest absolute Gasteiger partial charge is 0.258 e. The zero-order chi connectivity index (χ0) is 6.85. The van der Waals surface area contributed by atoms with Gasteiger partial charge in [-0.05, 0) is 38.5 Å². The minimum absolute atomic E-state index is 1.04. The highest BCUT2D eigenvalue weighted by molar-refractivity contribution is 5.22. The van der Waals surface area contributed by atoms with Crippen LogP contribution in [0.1, 0.15) is 17.0 Å². The van der Waals surface area contributed by atoms with Gasteiger partial charge in [0.2, 0.25) is 0 Å². The Morgan fingerprint density at radius 2 is 1.67 bits per heavy atom. The molecule has 1 rings (SSSR count). The average Bonchev–Trinajstić information content (AvgIpc) is 1.59. The molecule has 0 aliphatic carbocycles. The lowest BCUT2D eigenvalue weighted by Gasteiger charge is -1.96. The van der Waals surface area contributed by atoms with Crippen molar-refractivity contribution >= 4 is 0 Å². The minimum atomic E-state index is 1.04. The maximum absolute atomic E-state index is 4.19. The Labute approximate surface area is 55.7 Å². The Morgan fingerprint density at radius 3 is 2.00 bits per heavy atom. The van der Waals surface area contributed by atoms with Crippen molar-refractivity contribution in [3.63, 3.8) is 0 Å². The van der Waals surface area contributed by atoms with Crippen LogP contribution in [0.25, 0.3) is 0 Å². The molecule has 0 unspecified atom stereocenters. The fourth-order valence-corrected chi connectivity index (χ4v) is 0.921. The smallest absolute Gasteiger partial charge is 0.0378 e. The topological polar surface area (TPSA) is 12.9 Å². The Morgan fingerprint density at radius 1 is 1.22 bits per heavy atom. The van der Waals surface area contributed by atoms with Crippen molar-refractivity contribution in [2.75, 3.05) is 0 Å². The Balaban J connectivity index is 3.17. The van der Waals surface area contributed by atoms with Crippen molar-refractivity contribution in [1.82, 2.24) is 4.98 Å². The summed E-state index contributed by atoms with van der Waals surface area (Å²) in [6.07, 6.45) is 0. The molecule has 1 heteroatoms. The van der Waals surface area contributed by atoms with Crippen LogP contribution in [0.4, 0.5) is 0 Å².